The van der Waals surface area contributed by atoms with E-state index in [-0.39, 0.29) is 22.8 Å². The number of non-ortho nitro benzene ring substituents is 1. The molecule has 0 bridgehead atoms. The van der Waals surface area contributed by atoms with Crippen molar-refractivity contribution >= 4 is 23.3 Å². The van der Waals surface area contributed by atoms with Gasteiger partial charge in [0.25, 0.3) is 5.69 Å². The van der Waals surface area contributed by atoms with Gasteiger partial charge in [-0.3, -0.25) is 19.8 Å². The second-order valence-electron chi connectivity index (χ2n) is 5.45. The van der Waals surface area contributed by atoms with E-state index in [2.05, 4.69) is 0 Å². The van der Waals surface area contributed by atoms with Crippen LogP contribution in [0.1, 0.15) is 26.3 Å². The van der Waals surface area contributed by atoms with Crippen LogP contribution in [0.4, 0.5) is 5.69 Å². The second-order valence-corrected chi connectivity index (χ2v) is 5.86. The van der Waals surface area contributed by atoms with E-state index < -0.39 is 10.9 Å². The van der Waals surface area contributed by atoms with Gasteiger partial charge in [-0.1, -0.05) is 11.6 Å². The Kier molecular flexibility index (Phi) is 5.08. The van der Waals surface area contributed by atoms with Crippen LogP contribution in [0.25, 0.3) is 0 Å². The molecule has 0 heterocycles. The smallest absolute Gasteiger partial charge is 0.317 e. The van der Waals surface area contributed by atoms with Gasteiger partial charge >= 0.3 is 5.97 Å². The molecule has 0 aliphatic rings. The van der Waals surface area contributed by atoms with E-state index in [4.69, 9.17) is 16.7 Å². The Morgan fingerprint density at radius 1 is 1.45 bits per heavy atom. The monoisotopic (exact) mass is 300 g/mol. The van der Waals surface area contributed by atoms with Gasteiger partial charge < -0.3 is 5.11 Å². The van der Waals surface area contributed by atoms with Crippen LogP contribution in [-0.4, -0.2) is 33.0 Å². The molecule has 0 aromatic heterocycles. The summed E-state index contributed by atoms with van der Waals surface area (Å²) in [7, 11) is 0. The van der Waals surface area contributed by atoms with Crippen molar-refractivity contribution in [3.63, 3.8) is 0 Å². The Hall–Kier alpha value is -1.66. The molecule has 0 radical (unpaired) electrons. The van der Waals surface area contributed by atoms with Gasteiger partial charge in [0.15, 0.2) is 0 Å². The van der Waals surface area contributed by atoms with Crippen molar-refractivity contribution in [3.05, 3.63) is 38.9 Å². The summed E-state index contributed by atoms with van der Waals surface area (Å²) < 4.78 is 0. The molecule has 1 aromatic rings. The average molecular weight is 301 g/mol. The van der Waals surface area contributed by atoms with Crippen molar-refractivity contribution in [2.45, 2.75) is 32.9 Å². The van der Waals surface area contributed by atoms with Gasteiger partial charge in [0.2, 0.25) is 0 Å². The first kappa shape index (κ1) is 16.4. The SMILES string of the molecule is CC(C)(C)N(CC(=O)O)Cc1ccc([N+](=O)[O-])cc1Cl. The van der Waals surface area contributed by atoms with E-state index in [1.54, 1.807) is 11.0 Å². The van der Waals surface area contributed by atoms with E-state index in [9.17, 15) is 14.9 Å². The van der Waals surface area contributed by atoms with Gasteiger partial charge in [0.05, 0.1) is 16.5 Å². The van der Waals surface area contributed by atoms with E-state index >= 15 is 0 Å². The second kappa shape index (κ2) is 6.19. The zero-order valence-electron chi connectivity index (χ0n) is 11.6. The van der Waals surface area contributed by atoms with Gasteiger partial charge in [0, 0.05) is 24.2 Å². The van der Waals surface area contributed by atoms with Gasteiger partial charge in [-0.15, -0.1) is 0 Å². The fourth-order valence-electron chi connectivity index (χ4n) is 1.68. The maximum atomic E-state index is 10.9. The molecular formula is C13H17ClN2O4. The van der Waals surface area contributed by atoms with Gasteiger partial charge in [0.1, 0.15) is 0 Å². The molecule has 0 aliphatic carbocycles. The molecule has 1 aromatic carbocycles. The fraction of sp³-hybridized carbons (Fsp3) is 0.462. The third-order valence-electron chi connectivity index (χ3n) is 2.88. The molecule has 0 saturated heterocycles. The lowest BCUT2D eigenvalue weighted by Crippen LogP contribution is -2.43. The summed E-state index contributed by atoms with van der Waals surface area (Å²) in [6.07, 6.45) is 0. The minimum absolute atomic E-state index is 0.0840. The Bertz CT molecular complexity index is 526. The molecule has 110 valence electrons. The molecule has 0 amide bonds. The number of carboxylic acid groups (broad SMARTS) is 1. The quantitative estimate of drug-likeness (QED) is 0.667. The van der Waals surface area contributed by atoms with Crippen molar-refractivity contribution in [2.24, 2.45) is 0 Å². The molecule has 0 saturated carbocycles. The van der Waals surface area contributed by atoms with Crippen LogP contribution in [-0.2, 0) is 11.3 Å². The molecule has 0 unspecified atom stereocenters. The first-order valence-electron chi connectivity index (χ1n) is 6.01. The molecule has 0 fully saturated rings. The molecular weight excluding hydrogens is 284 g/mol. The lowest BCUT2D eigenvalue weighted by Gasteiger charge is -2.34. The molecule has 6 nitrogen and oxygen atoms in total. The fourth-order valence-corrected chi connectivity index (χ4v) is 1.91. The molecule has 20 heavy (non-hydrogen) atoms. The first-order chi connectivity index (χ1) is 9.11. The largest absolute Gasteiger partial charge is 0.480 e. The first-order valence-corrected chi connectivity index (χ1v) is 6.38. The summed E-state index contributed by atoms with van der Waals surface area (Å²) in [5, 5.41) is 19.9. The number of halogens is 1. The summed E-state index contributed by atoms with van der Waals surface area (Å²) >= 11 is 6.03. The van der Waals surface area contributed by atoms with Crippen LogP contribution in [0, 0.1) is 10.1 Å². The summed E-state index contributed by atoms with van der Waals surface area (Å²) in [6.45, 7) is 5.88. The highest BCUT2D eigenvalue weighted by Crippen LogP contribution is 2.26. The van der Waals surface area contributed by atoms with E-state index in [0.717, 1.165) is 0 Å². The number of nitrogens with zero attached hydrogens (tertiary/aromatic N) is 2. The average Bonchev–Trinajstić information content (AvgIpc) is 2.28. The maximum absolute atomic E-state index is 10.9. The Labute approximate surface area is 122 Å². The topological polar surface area (TPSA) is 83.7 Å². The van der Waals surface area contributed by atoms with Crippen molar-refractivity contribution in [1.82, 2.24) is 4.90 Å². The third-order valence-corrected chi connectivity index (χ3v) is 3.24. The number of hydrogen-bond donors (Lipinski definition) is 1. The number of carbonyl (C=O) groups is 1. The number of nitro benzene ring substituents is 1. The van der Waals surface area contributed by atoms with Crippen molar-refractivity contribution in [3.8, 4) is 0 Å². The molecule has 7 heteroatoms. The van der Waals surface area contributed by atoms with E-state index in [0.29, 0.717) is 12.1 Å². The number of carboxylic acids is 1. The highest BCUT2D eigenvalue weighted by atomic mass is 35.5. The predicted octanol–water partition coefficient (Wildman–Crippen LogP) is 2.93. The van der Waals surface area contributed by atoms with Crippen LogP contribution in [0.5, 0.6) is 0 Å². The highest BCUT2D eigenvalue weighted by Gasteiger charge is 2.24. The number of benzene rings is 1. The molecule has 0 aliphatic heterocycles. The maximum Gasteiger partial charge on any atom is 0.317 e. The van der Waals surface area contributed by atoms with Gasteiger partial charge in [-0.05, 0) is 32.4 Å². The van der Waals surface area contributed by atoms with Crippen molar-refractivity contribution in [1.29, 1.82) is 0 Å². The van der Waals surface area contributed by atoms with E-state index in [1.165, 1.54) is 12.1 Å². The lowest BCUT2D eigenvalue weighted by atomic mass is 10.0. The molecule has 1 rings (SSSR count). The van der Waals surface area contributed by atoms with Crippen LogP contribution in [0.2, 0.25) is 5.02 Å². The van der Waals surface area contributed by atoms with Crippen LogP contribution in [0.15, 0.2) is 18.2 Å². The predicted molar refractivity (Wildman–Crippen MR) is 75.9 cm³/mol. The zero-order valence-corrected chi connectivity index (χ0v) is 12.3. The molecule has 0 atom stereocenters. The molecule has 1 N–H and O–H groups in total. The summed E-state index contributed by atoms with van der Waals surface area (Å²) in [5.74, 6) is -0.932. The van der Waals surface area contributed by atoms with Gasteiger partial charge in [-0.2, -0.15) is 0 Å². The Balaban J connectivity index is 3.00. The van der Waals surface area contributed by atoms with E-state index in [1.807, 2.05) is 20.8 Å². The standard InChI is InChI=1S/C13H17ClN2O4/c1-13(2,3)15(8-12(17)18)7-9-4-5-10(16(19)20)6-11(9)14/h4-6H,7-8H2,1-3H3,(H,17,18). The Morgan fingerprint density at radius 3 is 2.45 bits per heavy atom. The van der Waals surface area contributed by atoms with Crippen LogP contribution < -0.4 is 0 Å². The van der Waals surface area contributed by atoms with Gasteiger partial charge in [-0.25, -0.2) is 0 Å². The normalized spacial score (nSPS) is 11.7. The number of nitro groups is 1. The highest BCUT2D eigenvalue weighted by molar-refractivity contribution is 6.31. The summed E-state index contributed by atoms with van der Waals surface area (Å²) in [6, 6.07) is 4.20. The van der Waals surface area contributed by atoms with Crippen LogP contribution >= 0.6 is 11.6 Å². The van der Waals surface area contributed by atoms with Crippen molar-refractivity contribution in [2.75, 3.05) is 6.54 Å². The minimum atomic E-state index is -0.932. The minimum Gasteiger partial charge on any atom is -0.480 e. The molecule has 0 spiro atoms. The number of aliphatic carboxylic acids is 1. The zero-order chi connectivity index (χ0) is 15.5. The summed E-state index contributed by atoms with van der Waals surface area (Å²) in [5.41, 5.74) is 0.219. The van der Waals surface area contributed by atoms with Crippen LogP contribution in [0.3, 0.4) is 0 Å². The third kappa shape index (κ3) is 4.47. The lowest BCUT2D eigenvalue weighted by molar-refractivity contribution is -0.384. The Morgan fingerprint density at radius 2 is 2.05 bits per heavy atom. The number of rotatable bonds is 5. The summed E-state index contributed by atoms with van der Waals surface area (Å²) in [4.78, 5) is 22.8. The number of hydrogen-bond acceptors (Lipinski definition) is 4. The van der Waals surface area contributed by atoms with Crippen molar-refractivity contribution < 1.29 is 14.8 Å².